The van der Waals surface area contributed by atoms with Crippen molar-refractivity contribution in [3.05, 3.63) is 12.2 Å². The highest BCUT2D eigenvalue weighted by Gasteiger charge is 2.36. The molecule has 1 aliphatic rings. The number of amides is 2. The van der Waals surface area contributed by atoms with Gasteiger partial charge >= 0.3 is 0 Å². The molecule has 9 nitrogen and oxygen atoms in total. The molecule has 0 unspecified atom stereocenters. The zero-order valence-corrected chi connectivity index (χ0v) is 21.4. The Balaban J connectivity index is 1.77. The number of carbonyl (C=O) groups excluding carboxylic acids is 2. The van der Waals surface area contributed by atoms with Crippen molar-refractivity contribution in [3.63, 3.8) is 0 Å². The van der Waals surface area contributed by atoms with Crippen LogP contribution in [0.5, 0.6) is 0 Å². The molecule has 2 amide bonds. The van der Waals surface area contributed by atoms with Gasteiger partial charge in [-0.05, 0) is 18.1 Å². The molecule has 0 aliphatic carbocycles. The van der Waals surface area contributed by atoms with Crippen LogP contribution >= 0.6 is 0 Å². The second kappa shape index (κ2) is 15.7. The summed E-state index contributed by atoms with van der Waals surface area (Å²) in [6.07, 6.45) is 2.52. The predicted molar refractivity (Wildman–Crippen MR) is 123 cm³/mol. The summed E-state index contributed by atoms with van der Waals surface area (Å²) >= 11 is 0. The van der Waals surface area contributed by atoms with E-state index in [1.165, 1.54) is 12.2 Å². The van der Waals surface area contributed by atoms with E-state index in [-0.39, 0.29) is 23.4 Å². The largest absolute Gasteiger partial charge is 0.414 e. The average molecular weight is 476 g/mol. The molecule has 0 radical (unpaired) electrons. The van der Waals surface area contributed by atoms with Gasteiger partial charge in [0.1, 0.15) is 0 Å². The molecule has 0 aromatic rings. The summed E-state index contributed by atoms with van der Waals surface area (Å²) in [5, 5.41) is 0.214. The van der Waals surface area contributed by atoms with E-state index in [9.17, 15) is 9.59 Å². The smallest absolute Gasteiger partial charge is 0.253 e. The molecular weight excluding hydrogens is 434 g/mol. The molecule has 0 atom stereocenters. The Bertz CT molecular complexity index is 559. The van der Waals surface area contributed by atoms with Gasteiger partial charge in [0.2, 0.25) is 0 Å². The SMILES string of the molecule is CC(C)(C)[Si](C)(C)OCCOCCOCCOCCOCCOCCN1C(=O)C=CC1=O. The molecule has 0 bridgehead atoms. The molecule has 1 aliphatic heterocycles. The fourth-order valence-corrected chi connectivity index (χ4v) is 3.39. The molecule has 186 valence electrons. The van der Waals surface area contributed by atoms with Crippen molar-refractivity contribution in [1.82, 2.24) is 4.90 Å². The summed E-state index contributed by atoms with van der Waals surface area (Å²) in [7, 11) is -1.69. The number of ether oxygens (including phenoxy) is 5. The van der Waals surface area contributed by atoms with E-state index in [1.807, 2.05) is 0 Å². The molecule has 0 fully saturated rings. The van der Waals surface area contributed by atoms with Crippen LogP contribution in [-0.2, 0) is 37.7 Å². The number of nitrogens with zero attached hydrogens (tertiary/aromatic N) is 1. The van der Waals surface area contributed by atoms with Gasteiger partial charge in [0, 0.05) is 12.2 Å². The molecule has 0 N–H and O–H groups in total. The average Bonchev–Trinajstić information content (AvgIpc) is 3.04. The minimum atomic E-state index is -1.69. The summed E-state index contributed by atoms with van der Waals surface area (Å²) in [6.45, 7) is 16.7. The Morgan fingerprint density at radius 2 is 1.00 bits per heavy atom. The van der Waals surface area contributed by atoms with Gasteiger partial charge < -0.3 is 28.1 Å². The van der Waals surface area contributed by atoms with Crippen molar-refractivity contribution < 1.29 is 37.7 Å². The van der Waals surface area contributed by atoms with Crippen molar-refractivity contribution in [2.75, 3.05) is 79.2 Å². The van der Waals surface area contributed by atoms with Crippen LogP contribution in [0, 0.1) is 0 Å². The molecule has 32 heavy (non-hydrogen) atoms. The summed E-state index contributed by atoms with van der Waals surface area (Å²) in [4.78, 5) is 23.8. The second-order valence-electron chi connectivity index (χ2n) is 8.83. The minimum Gasteiger partial charge on any atom is -0.414 e. The summed E-state index contributed by atoms with van der Waals surface area (Å²) in [6, 6.07) is 0. The number of imide groups is 1. The van der Waals surface area contributed by atoms with Crippen LogP contribution in [0.4, 0.5) is 0 Å². The minimum absolute atomic E-state index is 0.214. The number of rotatable bonds is 19. The van der Waals surface area contributed by atoms with E-state index in [1.54, 1.807) is 0 Å². The molecule has 1 rings (SSSR count). The first-order valence-electron chi connectivity index (χ1n) is 11.2. The Morgan fingerprint density at radius 1 is 0.656 bits per heavy atom. The maximum absolute atomic E-state index is 11.4. The van der Waals surface area contributed by atoms with E-state index in [0.717, 1.165) is 4.90 Å². The molecule has 0 aromatic carbocycles. The quantitative estimate of drug-likeness (QED) is 0.159. The standard InChI is InChI=1S/C22H41NO8Si/c1-22(2,3)32(4,5)31-19-18-30-17-16-29-15-14-28-13-12-27-11-10-26-9-8-23-20(24)6-7-21(23)25/h6-7H,8-19H2,1-5H3. The van der Waals surface area contributed by atoms with Crippen molar-refractivity contribution >= 4 is 20.1 Å². The monoisotopic (exact) mass is 475 g/mol. The van der Waals surface area contributed by atoms with Gasteiger partial charge in [0.25, 0.3) is 11.8 Å². The highest BCUT2D eigenvalue weighted by molar-refractivity contribution is 6.74. The lowest BCUT2D eigenvalue weighted by atomic mass is 10.2. The fraction of sp³-hybridized carbons (Fsp3) is 0.818. The first-order valence-corrected chi connectivity index (χ1v) is 14.1. The van der Waals surface area contributed by atoms with Gasteiger partial charge in [-0.3, -0.25) is 14.5 Å². The normalized spacial score (nSPS) is 14.7. The predicted octanol–water partition coefficient (Wildman–Crippen LogP) is 2.02. The Labute approximate surface area is 193 Å². The molecular formula is C22H41NO8Si. The van der Waals surface area contributed by atoms with E-state index in [0.29, 0.717) is 72.7 Å². The fourth-order valence-electron chi connectivity index (χ4n) is 2.36. The van der Waals surface area contributed by atoms with Crippen molar-refractivity contribution in [3.8, 4) is 0 Å². The van der Waals surface area contributed by atoms with Crippen LogP contribution in [-0.4, -0.2) is 104 Å². The Hall–Kier alpha value is -1.14. The third kappa shape index (κ3) is 12.2. The van der Waals surface area contributed by atoms with E-state index in [4.69, 9.17) is 28.1 Å². The number of hydrogen-bond donors (Lipinski definition) is 0. The summed E-state index contributed by atoms with van der Waals surface area (Å²) in [5.41, 5.74) is 0. The lowest BCUT2D eigenvalue weighted by Gasteiger charge is -2.36. The lowest BCUT2D eigenvalue weighted by molar-refractivity contribution is -0.137. The maximum atomic E-state index is 11.4. The Kier molecular flexibility index (Phi) is 14.1. The van der Waals surface area contributed by atoms with E-state index >= 15 is 0 Å². The lowest BCUT2D eigenvalue weighted by Crippen LogP contribution is -2.41. The molecule has 0 saturated carbocycles. The zero-order valence-electron chi connectivity index (χ0n) is 20.4. The first-order chi connectivity index (χ1) is 15.1. The third-order valence-electron chi connectivity index (χ3n) is 5.34. The van der Waals surface area contributed by atoms with Crippen LogP contribution < -0.4 is 0 Å². The summed E-state index contributed by atoms with van der Waals surface area (Å²) < 4.78 is 33.2. The zero-order chi connectivity index (χ0) is 23.9. The molecule has 1 heterocycles. The Morgan fingerprint density at radius 3 is 1.38 bits per heavy atom. The molecule has 0 aromatic heterocycles. The molecule has 0 spiro atoms. The van der Waals surface area contributed by atoms with Crippen LogP contribution in [0.3, 0.4) is 0 Å². The van der Waals surface area contributed by atoms with Crippen LogP contribution in [0.15, 0.2) is 12.2 Å². The van der Waals surface area contributed by atoms with Gasteiger partial charge in [-0.1, -0.05) is 20.8 Å². The molecule has 0 saturated heterocycles. The van der Waals surface area contributed by atoms with Crippen LogP contribution in [0.1, 0.15) is 20.8 Å². The summed E-state index contributed by atoms with van der Waals surface area (Å²) in [5.74, 6) is -0.592. The van der Waals surface area contributed by atoms with Gasteiger partial charge in [0.15, 0.2) is 8.32 Å². The number of hydrogen-bond acceptors (Lipinski definition) is 8. The number of carbonyl (C=O) groups is 2. The van der Waals surface area contributed by atoms with E-state index < -0.39 is 8.32 Å². The van der Waals surface area contributed by atoms with Crippen molar-refractivity contribution in [1.29, 1.82) is 0 Å². The molecule has 10 heteroatoms. The van der Waals surface area contributed by atoms with Crippen LogP contribution in [0.2, 0.25) is 18.1 Å². The van der Waals surface area contributed by atoms with E-state index in [2.05, 4.69) is 33.9 Å². The maximum Gasteiger partial charge on any atom is 0.253 e. The highest BCUT2D eigenvalue weighted by atomic mass is 28.4. The van der Waals surface area contributed by atoms with Crippen LogP contribution in [0.25, 0.3) is 0 Å². The third-order valence-corrected chi connectivity index (χ3v) is 9.88. The topological polar surface area (TPSA) is 92.8 Å². The van der Waals surface area contributed by atoms with Gasteiger partial charge in [-0.25, -0.2) is 0 Å². The van der Waals surface area contributed by atoms with Crippen molar-refractivity contribution in [2.24, 2.45) is 0 Å². The highest BCUT2D eigenvalue weighted by Crippen LogP contribution is 2.36. The van der Waals surface area contributed by atoms with Gasteiger partial charge in [-0.15, -0.1) is 0 Å². The van der Waals surface area contributed by atoms with Gasteiger partial charge in [0.05, 0.1) is 79.2 Å². The second-order valence-corrected chi connectivity index (χ2v) is 13.6. The van der Waals surface area contributed by atoms with Crippen molar-refractivity contribution in [2.45, 2.75) is 38.9 Å². The first kappa shape index (κ1) is 28.9. The van der Waals surface area contributed by atoms with Gasteiger partial charge in [-0.2, -0.15) is 0 Å².